The Morgan fingerprint density at radius 2 is 2.33 bits per heavy atom. The van der Waals surface area contributed by atoms with E-state index in [2.05, 4.69) is 22.2 Å². The number of thiophene rings is 1. The van der Waals surface area contributed by atoms with E-state index in [1.54, 1.807) is 6.92 Å². The molecular weight excluding hydrogens is 326 g/mol. The minimum Gasteiger partial charge on any atom is -0.462 e. The molecule has 7 heteroatoms. The second-order valence-corrected chi connectivity index (χ2v) is 7.58. The highest BCUT2D eigenvalue weighted by atomic mass is 32.1. The number of aliphatic hydroxyl groups is 1. The summed E-state index contributed by atoms with van der Waals surface area (Å²) in [7, 11) is 0. The highest BCUT2D eigenvalue weighted by Gasteiger charge is 2.38. The third-order valence-electron chi connectivity index (χ3n) is 4.94. The first-order valence-corrected chi connectivity index (χ1v) is 9.10. The maximum absolute atomic E-state index is 12.1. The molecule has 0 bridgehead atoms. The molecule has 3 rings (SSSR count). The number of carbonyl (C=O) groups is 1. The average molecular weight is 349 g/mol. The van der Waals surface area contributed by atoms with Crippen molar-refractivity contribution >= 4 is 33.3 Å². The van der Waals surface area contributed by atoms with Gasteiger partial charge in [0.1, 0.15) is 21.9 Å². The van der Waals surface area contributed by atoms with Crippen molar-refractivity contribution in [2.24, 2.45) is 5.41 Å². The van der Waals surface area contributed by atoms with Crippen LogP contribution < -0.4 is 5.32 Å². The van der Waals surface area contributed by atoms with Gasteiger partial charge in [0, 0.05) is 11.5 Å². The number of nitrogens with one attached hydrogen (secondary N) is 1. The first-order valence-electron chi connectivity index (χ1n) is 8.28. The van der Waals surface area contributed by atoms with Crippen molar-refractivity contribution in [2.75, 3.05) is 18.5 Å². The number of ether oxygens (including phenoxy) is 1. The Labute approximate surface area is 145 Å². The molecule has 0 radical (unpaired) electrons. The van der Waals surface area contributed by atoms with Gasteiger partial charge in [-0.1, -0.05) is 13.3 Å². The third kappa shape index (κ3) is 2.86. The van der Waals surface area contributed by atoms with E-state index < -0.39 is 0 Å². The van der Waals surface area contributed by atoms with Gasteiger partial charge in [0.15, 0.2) is 0 Å². The number of aliphatic hydroxyl groups excluding tert-OH is 1. The molecule has 0 aliphatic heterocycles. The predicted octanol–water partition coefficient (Wildman–Crippen LogP) is 3.14. The topological polar surface area (TPSA) is 84.3 Å². The summed E-state index contributed by atoms with van der Waals surface area (Å²) in [5, 5.41) is 14.1. The van der Waals surface area contributed by atoms with Gasteiger partial charge in [0.05, 0.1) is 18.6 Å². The van der Waals surface area contributed by atoms with Gasteiger partial charge >= 0.3 is 5.97 Å². The zero-order chi connectivity index (χ0) is 17.3. The van der Waals surface area contributed by atoms with E-state index >= 15 is 0 Å². The Hall–Kier alpha value is -1.73. The van der Waals surface area contributed by atoms with Gasteiger partial charge in [-0.3, -0.25) is 0 Å². The minimum atomic E-state index is -0.315. The lowest BCUT2D eigenvalue weighted by Gasteiger charge is -2.30. The second-order valence-electron chi connectivity index (χ2n) is 6.58. The first-order chi connectivity index (χ1) is 11.5. The van der Waals surface area contributed by atoms with Crippen molar-refractivity contribution in [1.82, 2.24) is 9.97 Å². The lowest BCUT2D eigenvalue weighted by molar-refractivity contribution is 0.0531. The number of nitrogens with zero attached hydrogens (tertiary/aromatic N) is 2. The van der Waals surface area contributed by atoms with Crippen molar-refractivity contribution in [3.63, 3.8) is 0 Å². The van der Waals surface area contributed by atoms with E-state index in [9.17, 15) is 9.90 Å². The fourth-order valence-corrected chi connectivity index (χ4v) is 4.45. The van der Waals surface area contributed by atoms with Crippen molar-refractivity contribution < 1.29 is 14.6 Å². The number of hydrogen-bond acceptors (Lipinski definition) is 7. The molecule has 2 N–H and O–H groups in total. The molecule has 0 amide bonds. The molecule has 0 spiro atoms. The molecule has 2 aromatic rings. The summed E-state index contributed by atoms with van der Waals surface area (Å²) >= 11 is 1.33. The zero-order valence-electron chi connectivity index (χ0n) is 14.3. The summed E-state index contributed by atoms with van der Waals surface area (Å²) in [5.74, 6) is 0.417. The smallest absolute Gasteiger partial charge is 0.348 e. The highest BCUT2D eigenvalue weighted by Crippen LogP contribution is 2.41. The van der Waals surface area contributed by atoms with Gasteiger partial charge < -0.3 is 15.2 Å². The molecule has 1 aliphatic rings. The zero-order valence-corrected chi connectivity index (χ0v) is 15.1. The molecule has 0 saturated heterocycles. The van der Waals surface area contributed by atoms with E-state index in [1.807, 2.05) is 6.92 Å². The summed E-state index contributed by atoms with van der Waals surface area (Å²) in [4.78, 5) is 22.2. The first kappa shape index (κ1) is 17.1. The average Bonchev–Trinajstić information content (AvgIpc) is 3.10. The largest absolute Gasteiger partial charge is 0.462 e. The normalized spacial score (nSPS) is 23.6. The SMILES string of the molecule is CCOC(=O)c1sc2ncnc(N[C@@H]3CCC[C@]3(C)CO)c2c1C. The van der Waals surface area contributed by atoms with Crippen LogP contribution in [0, 0.1) is 12.3 Å². The van der Waals surface area contributed by atoms with E-state index in [0.29, 0.717) is 11.5 Å². The van der Waals surface area contributed by atoms with Crippen molar-refractivity contribution in [1.29, 1.82) is 0 Å². The van der Waals surface area contributed by atoms with E-state index in [0.717, 1.165) is 40.9 Å². The van der Waals surface area contributed by atoms with E-state index in [1.165, 1.54) is 17.7 Å². The van der Waals surface area contributed by atoms with Crippen LogP contribution >= 0.6 is 11.3 Å². The van der Waals surface area contributed by atoms with E-state index in [4.69, 9.17) is 4.74 Å². The molecule has 2 aromatic heterocycles. The lowest BCUT2D eigenvalue weighted by atomic mass is 9.86. The molecular formula is C17H23N3O3S. The van der Waals surface area contributed by atoms with Crippen molar-refractivity contribution in [2.45, 2.75) is 46.1 Å². The van der Waals surface area contributed by atoms with Crippen LogP contribution in [0.4, 0.5) is 5.82 Å². The number of carbonyl (C=O) groups excluding carboxylic acids is 1. The molecule has 24 heavy (non-hydrogen) atoms. The van der Waals surface area contributed by atoms with Crippen LogP contribution in [-0.2, 0) is 4.74 Å². The Kier molecular flexibility index (Phi) is 4.73. The molecule has 1 saturated carbocycles. The van der Waals surface area contributed by atoms with Crippen molar-refractivity contribution in [3.05, 3.63) is 16.8 Å². The van der Waals surface area contributed by atoms with Crippen LogP contribution in [0.25, 0.3) is 10.2 Å². The van der Waals surface area contributed by atoms with Gasteiger partial charge in [0.2, 0.25) is 0 Å². The van der Waals surface area contributed by atoms with E-state index in [-0.39, 0.29) is 24.0 Å². The summed E-state index contributed by atoms with van der Waals surface area (Å²) in [6.45, 7) is 6.29. The van der Waals surface area contributed by atoms with Crippen LogP contribution in [0.1, 0.15) is 48.3 Å². The number of rotatable bonds is 5. The fraction of sp³-hybridized carbons (Fsp3) is 0.588. The van der Waals surface area contributed by atoms with Crippen LogP contribution in [0.2, 0.25) is 0 Å². The van der Waals surface area contributed by atoms with Gasteiger partial charge in [-0.2, -0.15) is 0 Å². The molecule has 1 aliphatic carbocycles. The maximum atomic E-state index is 12.1. The van der Waals surface area contributed by atoms with Crippen LogP contribution in [0.5, 0.6) is 0 Å². The molecule has 130 valence electrons. The van der Waals surface area contributed by atoms with Crippen LogP contribution in [0.15, 0.2) is 6.33 Å². The molecule has 0 aromatic carbocycles. The maximum Gasteiger partial charge on any atom is 0.348 e. The van der Waals surface area contributed by atoms with Crippen LogP contribution in [0.3, 0.4) is 0 Å². The highest BCUT2D eigenvalue weighted by molar-refractivity contribution is 7.20. The Morgan fingerprint density at radius 1 is 1.54 bits per heavy atom. The van der Waals surface area contributed by atoms with Crippen molar-refractivity contribution in [3.8, 4) is 0 Å². The number of aromatic nitrogens is 2. The molecule has 0 unspecified atom stereocenters. The fourth-order valence-electron chi connectivity index (χ4n) is 3.41. The van der Waals surface area contributed by atoms with Gasteiger partial charge in [0.25, 0.3) is 0 Å². The number of hydrogen-bond donors (Lipinski definition) is 2. The Morgan fingerprint density at radius 3 is 3.04 bits per heavy atom. The molecule has 2 heterocycles. The number of aryl methyl sites for hydroxylation is 1. The Bertz CT molecular complexity index is 761. The van der Waals surface area contributed by atoms with Gasteiger partial charge in [-0.15, -0.1) is 11.3 Å². The molecule has 6 nitrogen and oxygen atoms in total. The quantitative estimate of drug-likeness (QED) is 0.807. The second kappa shape index (κ2) is 6.64. The minimum absolute atomic E-state index is 0.148. The van der Waals surface area contributed by atoms with Gasteiger partial charge in [-0.25, -0.2) is 14.8 Å². The van der Waals surface area contributed by atoms with Crippen LogP contribution in [-0.4, -0.2) is 40.3 Å². The lowest BCUT2D eigenvalue weighted by Crippen LogP contribution is -2.36. The third-order valence-corrected chi connectivity index (χ3v) is 6.12. The summed E-state index contributed by atoms with van der Waals surface area (Å²) < 4.78 is 5.13. The predicted molar refractivity (Wildman–Crippen MR) is 94.6 cm³/mol. The molecule has 2 atom stereocenters. The Balaban J connectivity index is 1.98. The summed E-state index contributed by atoms with van der Waals surface area (Å²) in [5.41, 5.74) is 0.700. The number of esters is 1. The summed E-state index contributed by atoms with van der Waals surface area (Å²) in [6, 6.07) is 0.158. The number of fused-ring (bicyclic) bond motifs is 1. The summed E-state index contributed by atoms with van der Waals surface area (Å²) in [6.07, 6.45) is 4.59. The number of anilines is 1. The monoisotopic (exact) mass is 349 g/mol. The van der Waals surface area contributed by atoms with Gasteiger partial charge in [-0.05, 0) is 32.3 Å². The standard InChI is InChI=1S/C17H23N3O3S/c1-4-23-16(22)13-10(2)12-14(18-9-19-15(12)24-13)20-11-6-5-7-17(11,3)8-21/h9,11,21H,4-8H2,1-3H3,(H,18,19,20)/t11-,17-/m1/s1. The molecule has 1 fully saturated rings.